The minimum Gasteiger partial charge on any atom is -0.396 e. The van der Waals surface area contributed by atoms with Crippen molar-refractivity contribution < 1.29 is 17.9 Å². The third kappa shape index (κ3) is 4.31. The fourth-order valence-electron chi connectivity index (χ4n) is 1.39. The summed E-state index contributed by atoms with van der Waals surface area (Å²) < 4.78 is 39.2. The SMILES string of the molecule is CCC(O)CCNS(=O)(=O)c1cc(N)c(F)cc1Cl. The lowest BCUT2D eigenvalue weighted by Crippen LogP contribution is -2.27. The first kappa shape index (κ1) is 16.2. The molecule has 0 aromatic heterocycles. The van der Waals surface area contributed by atoms with Gasteiger partial charge >= 0.3 is 0 Å². The highest BCUT2D eigenvalue weighted by Crippen LogP contribution is 2.26. The Balaban J connectivity index is 2.86. The number of anilines is 1. The standard InChI is InChI=1S/C11H16ClFN2O3S/c1-2-7(16)3-4-15-19(17,18)11-6-10(14)9(13)5-8(11)12/h5-7,15-16H,2-4,14H2,1H3. The fraction of sp³-hybridized carbons (Fsp3) is 0.455. The highest BCUT2D eigenvalue weighted by atomic mass is 35.5. The summed E-state index contributed by atoms with van der Waals surface area (Å²) in [5, 5.41) is 9.09. The number of hydrogen-bond acceptors (Lipinski definition) is 4. The predicted molar refractivity (Wildman–Crippen MR) is 71.9 cm³/mol. The van der Waals surface area contributed by atoms with Crippen molar-refractivity contribution in [1.29, 1.82) is 0 Å². The largest absolute Gasteiger partial charge is 0.396 e. The van der Waals surface area contributed by atoms with Crippen LogP contribution in [0.4, 0.5) is 10.1 Å². The molecular weight excluding hydrogens is 295 g/mol. The second kappa shape index (κ2) is 6.51. The molecule has 5 nitrogen and oxygen atoms in total. The molecule has 19 heavy (non-hydrogen) atoms. The minimum absolute atomic E-state index is 0.0605. The van der Waals surface area contributed by atoms with Crippen LogP contribution in [0.5, 0.6) is 0 Å². The maximum Gasteiger partial charge on any atom is 0.242 e. The average molecular weight is 311 g/mol. The molecule has 0 fully saturated rings. The summed E-state index contributed by atoms with van der Waals surface area (Å²) in [5.41, 5.74) is 5.03. The smallest absolute Gasteiger partial charge is 0.242 e. The Morgan fingerprint density at radius 1 is 1.53 bits per heavy atom. The first-order valence-electron chi connectivity index (χ1n) is 5.70. The molecule has 0 saturated heterocycles. The molecule has 1 rings (SSSR count). The van der Waals surface area contributed by atoms with E-state index in [0.29, 0.717) is 6.42 Å². The Hall–Kier alpha value is -0.890. The number of hydrogen-bond donors (Lipinski definition) is 3. The Labute approximate surface area is 116 Å². The monoisotopic (exact) mass is 310 g/mol. The summed E-state index contributed by atoms with van der Waals surface area (Å²) in [6.07, 6.45) is 0.243. The van der Waals surface area contributed by atoms with E-state index in [2.05, 4.69) is 4.72 Å². The third-order valence-corrected chi connectivity index (χ3v) is 4.51. The molecule has 4 N–H and O–H groups in total. The van der Waals surface area contributed by atoms with Crippen molar-refractivity contribution in [3.63, 3.8) is 0 Å². The second-order valence-electron chi connectivity index (χ2n) is 4.05. The van der Waals surface area contributed by atoms with Crippen LogP contribution in [0.2, 0.25) is 5.02 Å². The molecule has 0 aliphatic rings. The number of aliphatic hydroxyl groups excluding tert-OH is 1. The lowest BCUT2D eigenvalue weighted by molar-refractivity contribution is 0.162. The van der Waals surface area contributed by atoms with Crippen LogP contribution in [0.3, 0.4) is 0 Å². The molecule has 0 spiro atoms. The number of benzene rings is 1. The van der Waals surface area contributed by atoms with E-state index in [0.717, 1.165) is 12.1 Å². The highest BCUT2D eigenvalue weighted by Gasteiger charge is 2.20. The number of rotatable bonds is 6. The maximum atomic E-state index is 13.1. The maximum absolute atomic E-state index is 13.1. The summed E-state index contributed by atoms with van der Waals surface area (Å²) in [6.45, 7) is 1.85. The molecule has 1 unspecified atom stereocenters. The first-order valence-corrected chi connectivity index (χ1v) is 7.56. The van der Waals surface area contributed by atoms with E-state index in [1.165, 1.54) is 0 Å². The van der Waals surface area contributed by atoms with Gasteiger partial charge < -0.3 is 10.8 Å². The molecule has 0 amide bonds. The molecule has 0 saturated carbocycles. The number of nitrogens with two attached hydrogens (primary N) is 1. The van der Waals surface area contributed by atoms with Crippen molar-refractivity contribution in [3.8, 4) is 0 Å². The van der Waals surface area contributed by atoms with E-state index in [-0.39, 0.29) is 28.6 Å². The predicted octanol–water partition coefficient (Wildman–Crippen LogP) is 1.50. The molecule has 0 bridgehead atoms. The minimum atomic E-state index is -3.87. The van der Waals surface area contributed by atoms with Gasteiger partial charge in [-0.25, -0.2) is 17.5 Å². The van der Waals surface area contributed by atoms with Gasteiger partial charge in [0.05, 0.1) is 16.8 Å². The highest BCUT2D eigenvalue weighted by molar-refractivity contribution is 7.89. The lowest BCUT2D eigenvalue weighted by Gasteiger charge is -2.11. The van der Waals surface area contributed by atoms with Crippen molar-refractivity contribution in [1.82, 2.24) is 4.72 Å². The van der Waals surface area contributed by atoms with Crippen molar-refractivity contribution in [2.24, 2.45) is 0 Å². The van der Waals surface area contributed by atoms with E-state index in [1.54, 1.807) is 6.92 Å². The van der Waals surface area contributed by atoms with E-state index in [9.17, 15) is 17.9 Å². The number of sulfonamides is 1. The molecule has 0 aliphatic carbocycles. The normalized spacial score (nSPS) is 13.5. The Bertz CT molecular complexity index is 551. The zero-order valence-corrected chi connectivity index (χ0v) is 11.9. The van der Waals surface area contributed by atoms with E-state index < -0.39 is 21.9 Å². The van der Waals surface area contributed by atoms with Gasteiger partial charge in [0, 0.05) is 6.54 Å². The molecule has 0 heterocycles. The summed E-state index contributed by atoms with van der Waals surface area (Å²) in [7, 11) is -3.87. The van der Waals surface area contributed by atoms with Gasteiger partial charge in [-0.3, -0.25) is 0 Å². The molecule has 1 aromatic rings. The van der Waals surface area contributed by atoms with Gasteiger partial charge in [0.15, 0.2) is 0 Å². The fourth-order valence-corrected chi connectivity index (χ4v) is 2.99. The van der Waals surface area contributed by atoms with Gasteiger partial charge in [-0.2, -0.15) is 0 Å². The number of nitrogen functional groups attached to an aromatic ring is 1. The van der Waals surface area contributed by atoms with Gasteiger partial charge in [0.25, 0.3) is 0 Å². The molecule has 0 aliphatic heterocycles. The van der Waals surface area contributed by atoms with Crippen LogP contribution in [-0.4, -0.2) is 26.2 Å². The van der Waals surface area contributed by atoms with Crippen LogP contribution in [0.25, 0.3) is 0 Å². The van der Waals surface area contributed by atoms with Crippen LogP contribution in [0.1, 0.15) is 19.8 Å². The number of nitrogens with one attached hydrogen (secondary N) is 1. The van der Waals surface area contributed by atoms with Crippen LogP contribution < -0.4 is 10.5 Å². The summed E-state index contributed by atoms with van der Waals surface area (Å²) >= 11 is 5.69. The quantitative estimate of drug-likeness (QED) is 0.694. The van der Waals surface area contributed by atoms with Crippen LogP contribution in [0, 0.1) is 5.82 Å². The number of halogens is 2. The number of aliphatic hydroxyl groups is 1. The summed E-state index contributed by atoms with van der Waals surface area (Å²) in [6, 6.07) is 1.82. The lowest BCUT2D eigenvalue weighted by atomic mass is 10.2. The Kier molecular flexibility index (Phi) is 5.54. The van der Waals surface area contributed by atoms with Gasteiger partial charge in [-0.05, 0) is 25.0 Å². The third-order valence-electron chi connectivity index (χ3n) is 2.58. The molecule has 1 aromatic carbocycles. The first-order chi connectivity index (χ1) is 8.77. The summed E-state index contributed by atoms with van der Waals surface area (Å²) in [5.74, 6) is -0.773. The topological polar surface area (TPSA) is 92.4 Å². The molecular formula is C11H16ClFN2O3S. The van der Waals surface area contributed by atoms with E-state index >= 15 is 0 Å². The van der Waals surface area contributed by atoms with Crippen LogP contribution in [0.15, 0.2) is 17.0 Å². The van der Waals surface area contributed by atoms with Crippen LogP contribution >= 0.6 is 11.6 Å². The van der Waals surface area contributed by atoms with Gasteiger partial charge in [-0.1, -0.05) is 18.5 Å². The van der Waals surface area contributed by atoms with Gasteiger partial charge in [-0.15, -0.1) is 0 Å². The zero-order chi connectivity index (χ0) is 14.6. The molecule has 1 atom stereocenters. The Morgan fingerprint density at radius 3 is 2.74 bits per heavy atom. The van der Waals surface area contributed by atoms with E-state index in [4.69, 9.17) is 17.3 Å². The van der Waals surface area contributed by atoms with Crippen molar-refractivity contribution >= 4 is 27.3 Å². The van der Waals surface area contributed by atoms with Crippen LogP contribution in [-0.2, 0) is 10.0 Å². The zero-order valence-electron chi connectivity index (χ0n) is 10.4. The van der Waals surface area contributed by atoms with Crippen molar-refractivity contribution in [2.75, 3.05) is 12.3 Å². The summed E-state index contributed by atoms with van der Waals surface area (Å²) in [4.78, 5) is -0.279. The molecule has 8 heteroatoms. The second-order valence-corrected chi connectivity index (χ2v) is 6.20. The van der Waals surface area contributed by atoms with Crippen molar-refractivity contribution in [2.45, 2.75) is 30.8 Å². The van der Waals surface area contributed by atoms with E-state index in [1.807, 2.05) is 0 Å². The molecule has 108 valence electrons. The van der Waals surface area contributed by atoms with Gasteiger partial charge in [0.1, 0.15) is 10.7 Å². The Morgan fingerprint density at radius 2 is 2.16 bits per heavy atom. The average Bonchev–Trinajstić information content (AvgIpc) is 2.33. The van der Waals surface area contributed by atoms with Gasteiger partial charge in [0.2, 0.25) is 10.0 Å². The van der Waals surface area contributed by atoms with Crippen molar-refractivity contribution in [3.05, 3.63) is 23.0 Å². The molecule has 0 radical (unpaired) electrons.